The third-order valence-corrected chi connectivity index (χ3v) is 2.78. The van der Waals surface area contributed by atoms with Crippen molar-refractivity contribution in [3.05, 3.63) is 35.1 Å². The molecule has 76 valence electrons. The van der Waals surface area contributed by atoms with Crippen LogP contribution in [0.4, 0.5) is 4.39 Å². The molecular formula is C11H8FNO2. The maximum Gasteiger partial charge on any atom is 0.314 e. The summed E-state index contributed by atoms with van der Waals surface area (Å²) in [7, 11) is 0. The molecule has 1 aliphatic rings. The van der Waals surface area contributed by atoms with E-state index in [9.17, 15) is 9.18 Å². The Labute approximate surface area is 85.8 Å². The highest BCUT2D eigenvalue weighted by Gasteiger charge is 2.53. The van der Waals surface area contributed by atoms with E-state index in [0.29, 0.717) is 18.4 Å². The van der Waals surface area contributed by atoms with E-state index in [0.717, 1.165) is 6.07 Å². The van der Waals surface area contributed by atoms with Crippen molar-refractivity contribution < 1.29 is 14.3 Å². The average Bonchev–Trinajstić information content (AvgIpc) is 2.98. The molecule has 0 unspecified atom stereocenters. The van der Waals surface area contributed by atoms with E-state index in [1.165, 1.54) is 12.1 Å². The Morgan fingerprint density at radius 3 is 2.67 bits per heavy atom. The van der Waals surface area contributed by atoms with Crippen LogP contribution in [0.5, 0.6) is 0 Å². The zero-order valence-corrected chi connectivity index (χ0v) is 7.83. The van der Waals surface area contributed by atoms with Crippen molar-refractivity contribution in [1.82, 2.24) is 0 Å². The molecule has 1 N–H and O–H groups in total. The summed E-state index contributed by atoms with van der Waals surface area (Å²) in [6.45, 7) is 0. The number of hydrogen-bond acceptors (Lipinski definition) is 2. The van der Waals surface area contributed by atoms with Crippen molar-refractivity contribution in [2.45, 2.75) is 18.3 Å². The van der Waals surface area contributed by atoms with Gasteiger partial charge in [0.2, 0.25) is 0 Å². The monoisotopic (exact) mass is 205 g/mol. The van der Waals surface area contributed by atoms with Gasteiger partial charge in [-0.3, -0.25) is 4.79 Å². The van der Waals surface area contributed by atoms with Crippen LogP contribution in [-0.2, 0) is 10.2 Å². The number of nitriles is 1. The first kappa shape index (κ1) is 9.66. The van der Waals surface area contributed by atoms with Gasteiger partial charge in [-0.1, -0.05) is 0 Å². The maximum absolute atomic E-state index is 13.0. The number of benzene rings is 1. The first-order valence-electron chi connectivity index (χ1n) is 4.54. The highest BCUT2D eigenvalue weighted by Crippen LogP contribution is 2.49. The Bertz CT molecular complexity index is 472. The molecule has 0 atom stereocenters. The van der Waals surface area contributed by atoms with Crippen LogP contribution < -0.4 is 0 Å². The van der Waals surface area contributed by atoms with Gasteiger partial charge >= 0.3 is 5.97 Å². The summed E-state index contributed by atoms with van der Waals surface area (Å²) >= 11 is 0. The minimum atomic E-state index is -1.02. The molecule has 1 aliphatic carbocycles. The topological polar surface area (TPSA) is 61.1 Å². The van der Waals surface area contributed by atoms with Gasteiger partial charge in [0.05, 0.1) is 17.0 Å². The van der Waals surface area contributed by atoms with Crippen LogP contribution in [-0.4, -0.2) is 11.1 Å². The van der Waals surface area contributed by atoms with E-state index in [1.807, 2.05) is 6.07 Å². The number of rotatable bonds is 2. The highest BCUT2D eigenvalue weighted by atomic mass is 19.1. The second-order valence-electron chi connectivity index (χ2n) is 3.69. The third-order valence-electron chi connectivity index (χ3n) is 2.78. The summed E-state index contributed by atoms with van der Waals surface area (Å²) in [6.07, 6.45) is 0.945. The molecule has 0 saturated heterocycles. The maximum atomic E-state index is 13.0. The van der Waals surface area contributed by atoms with E-state index in [1.54, 1.807) is 0 Å². The number of hydrogen-bond donors (Lipinski definition) is 1. The van der Waals surface area contributed by atoms with Crippen LogP contribution in [0.15, 0.2) is 18.2 Å². The minimum absolute atomic E-state index is 0.247. The summed E-state index contributed by atoms with van der Waals surface area (Å²) in [4.78, 5) is 11.0. The fraction of sp³-hybridized carbons (Fsp3) is 0.273. The summed E-state index contributed by atoms with van der Waals surface area (Å²) in [6, 6.07) is 5.54. The molecule has 1 aromatic carbocycles. The molecule has 1 saturated carbocycles. The molecule has 0 aliphatic heterocycles. The molecule has 0 bridgehead atoms. The van der Waals surface area contributed by atoms with Crippen molar-refractivity contribution in [2.75, 3.05) is 0 Å². The zero-order chi connectivity index (χ0) is 11.1. The fourth-order valence-electron chi connectivity index (χ4n) is 1.73. The SMILES string of the molecule is N#Cc1ccc(F)cc1C1(C(=O)O)CC1. The average molecular weight is 205 g/mol. The Hall–Kier alpha value is -1.89. The van der Waals surface area contributed by atoms with Crippen molar-refractivity contribution >= 4 is 5.97 Å². The lowest BCUT2D eigenvalue weighted by atomic mass is 9.92. The highest BCUT2D eigenvalue weighted by molar-refractivity contribution is 5.85. The lowest BCUT2D eigenvalue weighted by Crippen LogP contribution is -2.21. The summed E-state index contributed by atoms with van der Waals surface area (Å²) < 4.78 is 13.0. The zero-order valence-electron chi connectivity index (χ0n) is 7.83. The van der Waals surface area contributed by atoms with Gasteiger partial charge in [0, 0.05) is 0 Å². The fourth-order valence-corrected chi connectivity index (χ4v) is 1.73. The number of carboxylic acids is 1. The van der Waals surface area contributed by atoms with Crippen LogP contribution in [0, 0.1) is 17.1 Å². The second kappa shape index (κ2) is 3.06. The molecule has 2 rings (SSSR count). The van der Waals surface area contributed by atoms with Gasteiger partial charge in [-0.25, -0.2) is 4.39 Å². The number of carbonyl (C=O) groups is 1. The van der Waals surface area contributed by atoms with E-state index < -0.39 is 17.2 Å². The summed E-state index contributed by atoms with van der Waals surface area (Å²) in [5, 5.41) is 17.9. The predicted octanol–water partition coefficient (Wildman–Crippen LogP) is 1.81. The van der Waals surface area contributed by atoms with Gasteiger partial charge < -0.3 is 5.11 Å². The molecule has 0 spiro atoms. The smallest absolute Gasteiger partial charge is 0.314 e. The molecular weight excluding hydrogens is 197 g/mol. The largest absolute Gasteiger partial charge is 0.481 e. The Balaban J connectivity index is 2.57. The quantitative estimate of drug-likeness (QED) is 0.800. The van der Waals surface area contributed by atoms with Crippen LogP contribution in [0.2, 0.25) is 0 Å². The Morgan fingerprint density at radius 2 is 2.20 bits per heavy atom. The number of carboxylic acid groups (broad SMARTS) is 1. The molecule has 0 heterocycles. The van der Waals surface area contributed by atoms with E-state index in [-0.39, 0.29) is 5.56 Å². The number of halogens is 1. The van der Waals surface area contributed by atoms with Gasteiger partial charge in [0.25, 0.3) is 0 Å². The summed E-state index contributed by atoms with van der Waals surface area (Å²) in [5.74, 6) is -1.49. The van der Waals surface area contributed by atoms with Gasteiger partial charge in [-0.2, -0.15) is 5.26 Å². The van der Waals surface area contributed by atoms with Crippen LogP contribution in [0.1, 0.15) is 24.0 Å². The van der Waals surface area contributed by atoms with E-state index in [2.05, 4.69) is 0 Å². The molecule has 3 nitrogen and oxygen atoms in total. The van der Waals surface area contributed by atoms with Crippen molar-refractivity contribution in [3.8, 4) is 6.07 Å². The van der Waals surface area contributed by atoms with Gasteiger partial charge in [-0.15, -0.1) is 0 Å². The number of nitrogens with zero attached hydrogens (tertiary/aromatic N) is 1. The van der Waals surface area contributed by atoms with Crippen molar-refractivity contribution in [1.29, 1.82) is 5.26 Å². The molecule has 1 fully saturated rings. The molecule has 0 radical (unpaired) electrons. The van der Waals surface area contributed by atoms with Gasteiger partial charge in [0.1, 0.15) is 5.82 Å². The summed E-state index contributed by atoms with van der Waals surface area (Å²) in [5.41, 5.74) is -0.471. The van der Waals surface area contributed by atoms with Crippen LogP contribution in [0.25, 0.3) is 0 Å². The predicted molar refractivity (Wildman–Crippen MR) is 49.7 cm³/mol. The van der Waals surface area contributed by atoms with Crippen LogP contribution in [0.3, 0.4) is 0 Å². The van der Waals surface area contributed by atoms with Crippen LogP contribution >= 0.6 is 0 Å². The van der Waals surface area contributed by atoms with E-state index in [4.69, 9.17) is 10.4 Å². The Kier molecular flexibility index (Phi) is 1.97. The first-order chi connectivity index (χ1) is 7.10. The van der Waals surface area contributed by atoms with Crippen molar-refractivity contribution in [2.24, 2.45) is 0 Å². The first-order valence-corrected chi connectivity index (χ1v) is 4.54. The lowest BCUT2D eigenvalue weighted by Gasteiger charge is -2.11. The van der Waals surface area contributed by atoms with Crippen molar-refractivity contribution in [3.63, 3.8) is 0 Å². The Morgan fingerprint density at radius 1 is 1.53 bits per heavy atom. The second-order valence-corrected chi connectivity index (χ2v) is 3.69. The lowest BCUT2D eigenvalue weighted by molar-refractivity contribution is -0.140. The third kappa shape index (κ3) is 1.37. The van der Waals surface area contributed by atoms with E-state index >= 15 is 0 Å². The molecule has 0 amide bonds. The molecule has 4 heteroatoms. The van der Waals surface area contributed by atoms with Gasteiger partial charge in [-0.05, 0) is 36.6 Å². The number of aliphatic carboxylic acids is 1. The van der Waals surface area contributed by atoms with Gasteiger partial charge in [0.15, 0.2) is 0 Å². The molecule has 0 aromatic heterocycles. The minimum Gasteiger partial charge on any atom is -0.481 e. The molecule has 15 heavy (non-hydrogen) atoms. The normalized spacial score (nSPS) is 16.8. The molecule has 1 aromatic rings. The standard InChI is InChI=1S/C11H8FNO2/c12-8-2-1-7(6-13)9(5-8)11(3-4-11)10(14)15/h1-2,5H,3-4H2,(H,14,15).